The lowest BCUT2D eigenvalue weighted by atomic mass is 10.2. The first kappa shape index (κ1) is 8.54. The Morgan fingerprint density at radius 2 is 2.31 bits per heavy atom. The molecule has 2 heterocycles. The second kappa shape index (κ2) is 3.36. The first-order chi connectivity index (χ1) is 6.29. The second-order valence-corrected chi connectivity index (χ2v) is 3.45. The van der Waals surface area contributed by atoms with E-state index in [1.807, 2.05) is 41.9 Å². The SMILES string of the molecule is Cc1cccnc1-c1nnnn1I. The summed E-state index contributed by atoms with van der Waals surface area (Å²) in [6.07, 6.45) is 1.73. The molecule has 2 rings (SSSR count). The predicted molar refractivity (Wildman–Crippen MR) is 55.2 cm³/mol. The maximum Gasteiger partial charge on any atom is 0.210 e. The van der Waals surface area contributed by atoms with Crippen molar-refractivity contribution in [2.24, 2.45) is 0 Å². The molecule has 0 bridgehead atoms. The molecule has 6 heteroatoms. The number of tetrazole rings is 1. The Kier molecular flexibility index (Phi) is 2.21. The largest absolute Gasteiger partial charge is 0.253 e. The van der Waals surface area contributed by atoms with Gasteiger partial charge in [0.1, 0.15) is 5.69 Å². The van der Waals surface area contributed by atoms with E-state index < -0.39 is 0 Å². The number of pyridine rings is 1. The summed E-state index contributed by atoms with van der Waals surface area (Å²) in [6, 6.07) is 3.87. The maximum atomic E-state index is 4.21. The number of nitrogens with zero attached hydrogens (tertiary/aromatic N) is 5. The van der Waals surface area contributed by atoms with Gasteiger partial charge in [0.15, 0.2) is 0 Å². The molecule has 0 aliphatic rings. The molecule has 0 radical (unpaired) electrons. The number of rotatable bonds is 1. The van der Waals surface area contributed by atoms with Crippen molar-refractivity contribution in [3.05, 3.63) is 23.9 Å². The van der Waals surface area contributed by atoms with Crippen LogP contribution in [0.3, 0.4) is 0 Å². The third-order valence-corrected chi connectivity index (χ3v) is 2.30. The van der Waals surface area contributed by atoms with Crippen LogP contribution in [-0.2, 0) is 0 Å². The maximum absolute atomic E-state index is 4.21. The summed E-state index contributed by atoms with van der Waals surface area (Å²) in [4.78, 5) is 4.21. The lowest BCUT2D eigenvalue weighted by Gasteiger charge is -1.99. The van der Waals surface area contributed by atoms with Gasteiger partial charge in [-0.05, 0) is 29.0 Å². The molecule has 0 N–H and O–H groups in total. The molecule has 0 saturated carbocycles. The predicted octanol–water partition coefficient (Wildman–Crippen LogP) is 1.24. The van der Waals surface area contributed by atoms with E-state index in [0.717, 1.165) is 11.3 Å². The first-order valence-electron chi connectivity index (χ1n) is 3.65. The molecule has 0 saturated heterocycles. The Labute approximate surface area is 88.7 Å². The Morgan fingerprint density at radius 3 is 2.92 bits per heavy atom. The van der Waals surface area contributed by atoms with Gasteiger partial charge in [-0.15, -0.1) is 5.10 Å². The van der Waals surface area contributed by atoms with Gasteiger partial charge in [-0.3, -0.25) is 4.98 Å². The van der Waals surface area contributed by atoms with E-state index in [2.05, 4.69) is 20.5 Å². The van der Waals surface area contributed by atoms with Crippen LogP contribution in [0.15, 0.2) is 18.3 Å². The van der Waals surface area contributed by atoms with Gasteiger partial charge in [0.05, 0.1) is 22.9 Å². The molecule has 0 aliphatic carbocycles. The van der Waals surface area contributed by atoms with E-state index in [0.29, 0.717) is 5.82 Å². The van der Waals surface area contributed by atoms with Crippen LogP contribution in [0.2, 0.25) is 0 Å². The summed E-state index contributed by atoms with van der Waals surface area (Å²) < 4.78 is 1.58. The fourth-order valence-electron chi connectivity index (χ4n) is 1.03. The Balaban J connectivity index is 2.59. The molecule has 2 aromatic rings. The van der Waals surface area contributed by atoms with Gasteiger partial charge in [0, 0.05) is 6.20 Å². The summed E-state index contributed by atoms with van der Waals surface area (Å²) in [7, 11) is 0. The Bertz CT molecular complexity index is 424. The van der Waals surface area contributed by atoms with E-state index in [1.54, 1.807) is 9.09 Å². The Hall–Kier alpha value is -1.05. The van der Waals surface area contributed by atoms with Crippen molar-refractivity contribution >= 4 is 22.9 Å². The van der Waals surface area contributed by atoms with Crippen LogP contribution in [0.5, 0.6) is 0 Å². The van der Waals surface area contributed by atoms with E-state index in [9.17, 15) is 0 Å². The van der Waals surface area contributed by atoms with Gasteiger partial charge in [-0.1, -0.05) is 6.07 Å². The number of hydrogen-bond acceptors (Lipinski definition) is 4. The molecule has 0 aliphatic heterocycles. The van der Waals surface area contributed by atoms with Crippen molar-refractivity contribution in [2.45, 2.75) is 6.92 Å². The topological polar surface area (TPSA) is 56.5 Å². The summed E-state index contributed by atoms with van der Waals surface area (Å²) >= 11 is 2.02. The smallest absolute Gasteiger partial charge is 0.210 e. The standard InChI is InChI=1S/C7H6IN5/c1-5-3-2-4-9-6(5)7-10-11-12-13(7)8/h2-4H,1H3. The van der Waals surface area contributed by atoms with Gasteiger partial charge in [-0.25, -0.2) is 0 Å². The summed E-state index contributed by atoms with van der Waals surface area (Å²) in [5.41, 5.74) is 1.89. The van der Waals surface area contributed by atoms with Crippen molar-refractivity contribution in [2.75, 3.05) is 0 Å². The highest BCUT2D eigenvalue weighted by Crippen LogP contribution is 2.17. The minimum absolute atomic E-state index is 0.679. The number of hydrogen-bond donors (Lipinski definition) is 0. The minimum Gasteiger partial charge on any atom is -0.253 e. The molecule has 0 spiro atoms. The van der Waals surface area contributed by atoms with Crippen LogP contribution in [0.4, 0.5) is 0 Å². The van der Waals surface area contributed by atoms with Crippen LogP contribution in [0.1, 0.15) is 5.56 Å². The van der Waals surface area contributed by atoms with Crippen molar-refractivity contribution in [3.63, 3.8) is 0 Å². The van der Waals surface area contributed by atoms with Crippen LogP contribution in [0.25, 0.3) is 11.5 Å². The molecule has 66 valence electrons. The van der Waals surface area contributed by atoms with Gasteiger partial charge in [0.25, 0.3) is 0 Å². The quantitative estimate of drug-likeness (QED) is 0.740. The summed E-state index contributed by atoms with van der Waals surface area (Å²) in [5, 5.41) is 11.2. The molecular weight excluding hydrogens is 281 g/mol. The fraction of sp³-hybridized carbons (Fsp3) is 0.143. The molecule has 0 aromatic carbocycles. The third-order valence-electron chi connectivity index (χ3n) is 1.65. The van der Waals surface area contributed by atoms with Crippen LogP contribution >= 0.6 is 22.9 Å². The van der Waals surface area contributed by atoms with Crippen molar-refractivity contribution in [1.82, 2.24) is 23.4 Å². The molecule has 0 unspecified atom stereocenters. The lowest BCUT2D eigenvalue weighted by molar-refractivity contribution is 0.870. The molecule has 13 heavy (non-hydrogen) atoms. The van der Waals surface area contributed by atoms with E-state index in [4.69, 9.17) is 0 Å². The monoisotopic (exact) mass is 287 g/mol. The van der Waals surface area contributed by atoms with Crippen molar-refractivity contribution < 1.29 is 0 Å². The van der Waals surface area contributed by atoms with E-state index in [1.165, 1.54) is 0 Å². The Morgan fingerprint density at radius 1 is 1.46 bits per heavy atom. The fourth-order valence-corrected chi connectivity index (χ4v) is 1.44. The molecule has 2 aromatic heterocycles. The van der Waals surface area contributed by atoms with Gasteiger partial charge in [-0.2, -0.15) is 2.90 Å². The molecular formula is C7H6IN5. The minimum atomic E-state index is 0.679. The number of aryl methyl sites for hydroxylation is 1. The average Bonchev–Trinajstić information content (AvgIpc) is 2.52. The first-order valence-corrected chi connectivity index (χ1v) is 4.62. The van der Waals surface area contributed by atoms with Gasteiger partial charge < -0.3 is 0 Å². The van der Waals surface area contributed by atoms with Crippen LogP contribution < -0.4 is 0 Å². The summed E-state index contributed by atoms with van der Waals surface area (Å²) in [6.45, 7) is 1.98. The highest BCUT2D eigenvalue weighted by atomic mass is 127. The third kappa shape index (κ3) is 1.53. The highest BCUT2D eigenvalue weighted by Gasteiger charge is 2.09. The molecule has 0 atom stereocenters. The number of halogens is 1. The zero-order valence-electron chi connectivity index (χ0n) is 6.85. The lowest BCUT2D eigenvalue weighted by Crippen LogP contribution is -1.93. The van der Waals surface area contributed by atoms with E-state index >= 15 is 0 Å². The molecule has 0 amide bonds. The molecule has 5 nitrogen and oxygen atoms in total. The molecule has 0 fully saturated rings. The number of aromatic nitrogens is 5. The zero-order valence-corrected chi connectivity index (χ0v) is 9.00. The van der Waals surface area contributed by atoms with Crippen molar-refractivity contribution in [1.29, 1.82) is 0 Å². The highest BCUT2D eigenvalue weighted by molar-refractivity contribution is 14.1. The van der Waals surface area contributed by atoms with Gasteiger partial charge in [0.2, 0.25) is 5.82 Å². The summed E-state index contributed by atoms with van der Waals surface area (Å²) in [5.74, 6) is 0.679. The normalized spacial score (nSPS) is 10.3. The zero-order chi connectivity index (χ0) is 9.26. The average molecular weight is 287 g/mol. The van der Waals surface area contributed by atoms with Crippen LogP contribution in [0, 0.1) is 6.92 Å². The van der Waals surface area contributed by atoms with E-state index in [-0.39, 0.29) is 0 Å². The van der Waals surface area contributed by atoms with Crippen molar-refractivity contribution in [3.8, 4) is 11.5 Å². The second-order valence-electron chi connectivity index (χ2n) is 2.53. The van der Waals surface area contributed by atoms with Crippen LogP contribution in [-0.4, -0.2) is 23.4 Å². The van der Waals surface area contributed by atoms with Gasteiger partial charge >= 0.3 is 0 Å².